The lowest BCUT2D eigenvalue weighted by molar-refractivity contribution is -0.871. The van der Waals surface area contributed by atoms with Gasteiger partial charge in [-0.1, -0.05) is 12.1 Å². The van der Waals surface area contributed by atoms with Crippen molar-refractivity contribution in [1.29, 1.82) is 0 Å². The van der Waals surface area contributed by atoms with E-state index in [1.54, 1.807) is 19.2 Å². The quantitative estimate of drug-likeness (QED) is 0.854. The number of quaternary nitrogens is 1. The van der Waals surface area contributed by atoms with E-state index >= 15 is 0 Å². The molecule has 2 aromatic rings. The molecule has 0 spiro atoms. The van der Waals surface area contributed by atoms with Gasteiger partial charge in [0.05, 0.1) is 27.4 Å². The molecule has 23 heavy (non-hydrogen) atoms. The number of phenols is 2. The molecule has 0 radical (unpaired) electrons. The van der Waals surface area contributed by atoms with Gasteiger partial charge in [0.2, 0.25) is 0 Å². The predicted octanol–water partition coefficient (Wildman–Crippen LogP) is 3.45. The normalized spacial score (nSPS) is 18.5. The maximum absolute atomic E-state index is 10.2. The third kappa shape index (κ3) is 2.90. The summed E-state index contributed by atoms with van der Waals surface area (Å²) in [7, 11) is 5.85. The molecule has 0 bridgehead atoms. The van der Waals surface area contributed by atoms with Crippen LogP contribution in [-0.4, -0.2) is 35.9 Å². The van der Waals surface area contributed by atoms with Gasteiger partial charge in [-0.15, -0.1) is 0 Å². The van der Waals surface area contributed by atoms with Gasteiger partial charge in [-0.05, 0) is 41.5 Å². The van der Waals surface area contributed by atoms with Gasteiger partial charge >= 0.3 is 0 Å². The van der Waals surface area contributed by atoms with Gasteiger partial charge in [-0.25, -0.2) is 0 Å². The molecule has 2 N–H and O–H groups in total. The summed E-state index contributed by atoms with van der Waals surface area (Å²) in [5, 5.41) is 19.6. The van der Waals surface area contributed by atoms with Crippen LogP contribution < -0.4 is 4.74 Å². The first kappa shape index (κ1) is 15.4. The van der Waals surface area contributed by atoms with Crippen LogP contribution >= 0.6 is 0 Å². The van der Waals surface area contributed by atoms with Crippen molar-refractivity contribution in [1.82, 2.24) is 0 Å². The molecule has 120 valence electrons. The Hall–Kier alpha value is -2.46. The Kier molecular flexibility index (Phi) is 3.78. The third-order valence-electron chi connectivity index (χ3n) is 4.55. The van der Waals surface area contributed by atoms with Gasteiger partial charge in [0.15, 0.2) is 11.5 Å². The van der Waals surface area contributed by atoms with Gasteiger partial charge in [0.25, 0.3) is 0 Å². The summed E-state index contributed by atoms with van der Waals surface area (Å²) < 4.78 is 5.91. The van der Waals surface area contributed by atoms with Crippen molar-refractivity contribution in [3.8, 4) is 17.2 Å². The van der Waals surface area contributed by atoms with E-state index < -0.39 is 0 Å². The molecule has 4 nitrogen and oxygen atoms in total. The minimum Gasteiger partial charge on any atom is -0.508 e. The van der Waals surface area contributed by atoms with Crippen molar-refractivity contribution in [3.63, 3.8) is 0 Å². The zero-order chi connectivity index (χ0) is 16.6. The van der Waals surface area contributed by atoms with E-state index in [9.17, 15) is 10.2 Å². The van der Waals surface area contributed by atoms with Gasteiger partial charge in [0, 0.05) is 12.0 Å². The second-order valence-corrected chi connectivity index (χ2v) is 6.48. The molecular weight excluding hydrogens is 290 g/mol. The number of hydrogen-bond acceptors (Lipinski definition) is 3. The van der Waals surface area contributed by atoms with Crippen LogP contribution in [0, 0.1) is 0 Å². The van der Waals surface area contributed by atoms with Crippen molar-refractivity contribution < 1.29 is 19.4 Å². The molecule has 0 aromatic heterocycles. The highest BCUT2D eigenvalue weighted by Gasteiger charge is 2.34. The van der Waals surface area contributed by atoms with Gasteiger partial charge in [-0.2, -0.15) is 0 Å². The van der Waals surface area contributed by atoms with E-state index in [1.165, 1.54) is 0 Å². The Bertz CT molecular complexity index is 748. The highest BCUT2D eigenvalue weighted by atomic mass is 16.5. The number of nitrogens with zero attached hydrogens (tertiary/aromatic N) is 1. The van der Waals surface area contributed by atoms with Crippen LogP contribution in [0.25, 0.3) is 6.08 Å². The Morgan fingerprint density at radius 2 is 1.78 bits per heavy atom. The largest absolute Gasteiger partial charge is 0.508 e. The number of benzene rings is 2. The smallest absolute Gasteiger partial charge is 0.161 e. The minimum absolute atomic E-state index is 0.164. The number of ether oxygens (including phenoxy) is 1. The van der Waals surface area contributed by atoms with Crippen LogP contribution in [-0.2, 0) is 6.42 Å². The highest BCUT2D eigenvalue weighted by molar-refractivity contribution is 5.61. The van der Waals surface area contributed by atoms with Crippen LogP contribution in [0.3, 0.4) is 0 Å². The van der Waals surface area contributed by atoms with E-state index in [0.29, 0.717) is 10.2 Å². The van der Waals surface area contributed by atoms with Crippen molar-refractivity contribution in [2.75, 3.05) is 21.2 Å². The van der Waals surface area contributed by atoms with Crippen molar-refractivity contribution in [3.05, 3.63) is 59.3 Å². The molecule has 0 aliphatic carbocycles. The summed E-state index contributed by atoms with van der Waals surface area (Å²) in [6.45, 7) is 0. The molecule has 1 unspecified atom stereocenters. The molecule has 0 saturated heterocycles. The Balaban J connectivity index is 2.03. The number of likely N-dealkylation sites (N-methyl/N-ethyl adjacent to an activating group) is 1. The monoisotopic (exact) mass is 312 g/mol. The first-order valence-corrected chi connectivity index (χ1v) is 7.62. The molecule has 3 rings (SSSR count). The third-order valence-corrected chi connectivity index (χ3v) is 4.55. The summed E-state index contributed by atoms with van der Waals surface area (Å²) in [4.78, 5) is 0. The minimum atomic E-state index is 0.164. The highest BCUT2D eigenvalue weighted by Crippen LogP contribution is 2.41. The number of fused-ring (bicyclic) bond motifs is 1. The summed E-state index contributed by atoms with van der Waals surface area (Å²) in [6.07, 6.45) is 5.05. The fourth-order valence-corrected chi connectivity index (χ4v) is 3.13. The second-order valence-electron chi connectivity index (χ2n) is 6.48. The molecular formula is C19H22NO3+. The molecule has 1 aliphatic heterocycles. The summed E-state index contributed by atoms with van der Waals surface area (Å²) in [6, 6.07) is 11.2. The summed E-state index contributed by atoms with van der Waals surface area (Å²) in [5.41, 5.74) is 3.32. The fraction of sp³-hybridized carbons (Fsp3) is 0.263. The first-order valence-electron chi connectivity index (χ1n) is 7.62. The molecule has 1 heterocycles. The Morgan fingerprint density at radius 3 is 2.43 bits per heavy atom. The standard InChI is InChI=1S/C19H21NO3/c1-20(2)9-8-14-11-19(23-3)18(22)12-16(14)17(20)10-13-4-6-15(21)7-5-13/h4-9,11-12,17H,10H2,1-3H3,(H-,21,22)/p+1. The maximum Gasteiger partial charge on any atom is 0.161 e. The van der Waals surface area contributed by atoms with E-state index in [4.69, 9.17) is 4.74 Å². The number of aromatic hydroxyl groups is 2. The predicted molar refractivity (Wildman–Crippen MR) is 90.4 cm³/mol. The lowest BCUT2D eigenvalue weighted by atomic mass is 9.89. The molecule has 0 amide bonds. The zero-order valence-electron chi connectivity index (χ0n) is 13.7. The summed E-state index contributed by atoms with van der Waals surface area (Å²) >= 11 is 0. The molecule has 2 aromatic carbocycles. The maximum atomic E-state index is 10.2. The second kappa shape index (κ2) is 5.63. The molecule has 1 aliphatic rings. The first-order chi connectivity index (χ1) is 10.9. The fourth-order valence-electron chi connectivity index (χ4n) is 3.13. The molecule has 0 saturated carbocycles. The average Bonchev–Trinajstić information content (AvgIpc) is 2.52. The molecule has 4 heteroatoms. The number of methoxy groups -OCH3 is 1. The van der Waals surface area contributed by atoms with E-state index in [2.05, 4.69) is 26.4 Å². The van der Waals surface area contributed by atoms with Gasteiger partial charge in [-0.3, -0.25) is 4.48 Å². The SMILES string of the molecule is COc1cc2c(cc1O)C(Cc1ccc(O)cc1)[N+](C)(C)C=C2. The topological polar surface area (TPSA) is 49.7 Å². The van der Waals surface area contributed by atoms with Crippen LogP contribution in [0.15, 0.2) is 42.6 Å². The van der Waals surface area contributed by atoms with Gasteiger partial charge in [0.1, 0.15) is 11.8 Å². The number of hydrogen-bond donors (Lipinski definition) is 2. The molecule has 0 fully saturated rings. The number of rotatable bonds is 3. The van der Waals surface area contributed by atoms with Crippen LogP contribution in [0.2, 0.25) is 0 Å². The number of phenolic OH excluding ortho intramolecular Hbond substituents is 2. The lowest BCUT2D eigenvalue weighted by Crippen LogP contribution is -2.40. The van der Waals surface area contributed by atoms with Gasteiger partial charge < -0.3 is 14.9 Å². The van der Waals surface area contributed by atoms with Crippen LogP contribution in [0.1, 0.15) is 22.7 Å². The van der Waals surface area contributed by atoms with Crippen LogP contribution in [0.4, 0.5) is 0 Å². The van der Waals surface area contributed by atoms with Crippen molar-refractivity contribution in [2.24, 2.45) is 0 Å². The Morgan fingerprint density at radius 1 is 1.09 bits per heavy atom. The van der Waals surface area contributed by atoms with E-state index in [0.717, 1.165) is 23.1 Å². The average molecular weight is 312 g/mol. The lowest BCUT2D eigenvalue weighted by Gasteiger charge is -2.38. The van der Waals surface area contributed by atoms with Crippen LogP contribution in [0.5, 0.6) is 17.2 Å². The Labute approximate surface area is 136 Å². The van der Waals surface area contributed by atoms with E-state index in [-0.39, 0.29) is 17.5 Å². The summed E-state index contributed by atoms with van der Waals surface area (Å²) in [5.74, 6) is 0.926. The van der Waals surface area contributed by atoms with Crippen molar-refractivity contribution >= 4 is 6.08 Å². The molecule has 1 atom stereocenters. The van der Waals surface area contributed by atoms with E-state index in [1.807, 2.05) is 24.3 Å². The van der Waals surface area contributed by atoms with Crippen molar-refractivity contribution in [2.45, 2.75) is 12.5 Å². The zero-order valence-corrected chi connectivity index (χ0v) is 13.7.